The van der Waals surface area contributed by atoms with Gasteiger partial charge in [0.2, 0.25) is 5.91 Å². The molecule has 2 aromatic rings. The second kappa shape index (κ2) is 7.20. The number of anilines is 1. The zero-order valence-electron chi connectivity index (χ0n) is 16.4. The number of hydrogen-bond acceptors (Lipinski definition) is 6. The van der Waals surface area contributed by atoms with Crippen LogP contribution < -0.4 is 5.73 Å². The van der Waals surface area contributed by atoms with Crippen molar-refractivity contribution >= 4 is 44.7 Å². The fraction of sp³-hybridized carbons (Fsp3) is 0.474. The lowest BCUT2D eigenvalue weighted by atomic mass is 10.2. The summed E-state index contributed by atoms with van der Waals surface area (Å²) in [6, 6.07) is -0.0507. The number of amides is 1. The number of carbonyl (C=O) groups is 2. The van der Waals surface area contributed by atoms with Crippen molar-refractivity contribution in [3.8, 4) is 0 Å². The number of nitrogen functional groups attached to an aromatic ring is 1. The molecule has 1 amide bonds. The molecule has 1 aliphatic heterocycles. The van der Waals surface area contributed by atoms with E-state index in [-0.39, 0.29) is 23.8 Å². The molecular weight excluding hydrogens is 426 g/mol. The SMILES string of the molecule is C=CC(=O)N1C[C@H](n2c(Br)c(C(=O)OC(C)(C)C)c3c(N)ncnc32)C[C@@H]1C. The van der Waals surface area contributed by atoms with Crippen LogP contribution in [0.4, 0.5) is 5.82 Å². The number of rotatable bonds is 3. The number of ether oxygens (including phenoxy) is 1. The Bertz CT molecular complexity index is 963. The van der Waals surface area contributed by atoms with E-state index >= 15 is 0 Å². The largest absolute Gasteiger partial charge is 0.456 e. The fourth-order valence-electron chi connectivity index (χ4n) is 3.59. The number of likely N-dealkylation sites (tertiary alicyclic amines) is 1. The van der Waals surface area contributed by atoms with Crippen LogP contribution in [-0.2, 0) is 9.53 Å². The molecule has 0 unspecified atom stereocenters. The second-order valence-electron chi connectivity index (χ2n) is 7.93. The molecule has 3 heterocycles. The Labute approximate surface area is 171 Å². The molecule has 8 nitrogen and oxygen atoms in total. The average Bonchev–Trinajstić information content (AvgIpc) is 3.10. The molecule has 0 aliphatic carbocycles. The molecule has 3 rings (SSSR count). The van der Waals surface area contributed by atoms with Crippen molar-refractivity contribution in [2.24, 2.45) is 0 Å². The third-order valence-corrected chi connectivity index (χ3v) is 5.51. The Hall–Kier alpha value is -2.42. The summed E-state index contributed by atoms with van der Waals surface area (Å²) in [6.45, 7) is 11.4. The molecule has 0 saturated carbocycles. The highest BCUT2D eigenvalue weighted by atomic mass is 79.9. The van der Waals surface area contributed by atoms with Crippen LogP contribution in [0, 0.1) is 0 Å². The lowest BCUT2D eigenvalue weighted by molar-refractivity contribution is -0.126. The van der Waals surface area contributed by atoms with Gasteiger partial charge in [0, 0.05) is 12.6 Å². The summed E-state index contributed by atoms with van der Waals surface area (Å²) in [5.41, 5.74) is 6.26. The van der Waals surface area contributed by atoms with Crippen molar-refractivity contribution < 1.29 is 14.3 Å². The fourth-order valence-corrected chi connectivity index (χ4v) is 4.41. The average molecular weight is 450 g/mol. The van der Waals surface area contributed by atoms with Gasteiger partial charge in [0.15, 0.2) is 0 Å². The summed E-state index contributed by atoms with van der Waals surface area (Å²) in [7, 11) is 0. The first-order valence-electron chi connectivity index (χ1n) is 9.01. The maximum atomic E-state index is 12.9. The van der Waals surface area contributed by atoms with Gasteiger partial charge < -0.3 is 19.9 Å². The van der Waals surface area contributed by atoms with E-state index in [1.165, 1.54) is 12.4 Å². The molecular formula is C19H24BrN5O3. The van der Waals surface area contributed by atoms with E-state index in [0.717, 1.165) is 0 Å². The van der Waals surface area contributed by atoms with Gasteiger partial charge in [-0.3, -0.25) is 4.79 Å². The highest BCUT2D eigenvalue weighted by Gasteiger charge is 2.37. The predicted octanol–water partition coefficient (Wildman–Crippen LogP) is 3.08. The molecule has 9 heteroatoms. The standard InChI is InChI=1S/C19H24BrN5O3/c1-6-12(26)24-8-11(7-10(24)2)25-15(20)13(18(27)28-19(3,4)5)14-16(21)22-9-23-17(14)25/h6,9-11H,1,7-8H2,2-5H3,(H2,21,22,23)/t10-,11+/m0/s1. The van der Waals surface area contributed by atoms with Gasteiger partial charge in [0.1, 0.15) is 33.6 Å². The molecule has 1 aliphatic rings. The number of esters is 1. The Morgan fingerprint density at radius 1 is 1.39 bits per heavy atom. The molecule has 1 fully saturated rings. The molecule has 2 aromatic heterocycles. The third-order valence-electron chi connectivity index (χ3n) is 4.73. The lowest BCUT2D eigenvalue weighted by Crippen LogP contribution is -2.32. The third kappa shape index (κ3) is 3.50. The Morgan fingerprint density at radius 3 is 2.68 bits per heavy atom. The van der Waals surface area contributed by atoms with E-state index in [1.54, 1.807) is 25.7 Å². The van der Waals surface area contributed by atoms with Gasteiger partial charge in [-0.25, -0.2) is 14.8 Å². The van der Waals surface area contributed by atoms with E-state index in [9.17, 15) is 9.59 Å². The van der Waals surface area contributed by atoms with Gasteiger partial charge >= 0.3 is 5.97 Å². The van der Waals surface area contributed by atoms with Crippen molar-refractivity contribution in [3.05, 3.63) is 29.1 Å². The molecule has 0 aromatic carbocycles. The van der Waals surface area contributed by atoms with E-state index < -0.39 is 11.6 Å². The highest BCUT2D eigenvalue weighted by Crippen LogP contribution is 2.39. The van der Waals surface area contributed by atoms with E-state index in [4.69, 9.17) is 10.5 Å². The highest BCUT2D eigenvalue weighted by molar-refractivity contribution is 9.10. The van der Waals surface area contributed by atoms with Gasteiger partial charge in [-0.2, -0.15) is 0 Å². The first-order chi connectivity index (χ1) is 13.0. The van der Waals surface area contributed by atoms with Gasteiger partial charge in [-0.05, 0) is 56.1 Å². The minimum Gasteiger partial charge on any atom is -0.456 e. The van der Waals surface area contributed by atoms with Crippen LogP contribution in [0.1, 0.15) is 50.5 Å². The maximum Gasteiger partial charge on any atom is 0.342 e. The Balaban J connectivity index is 2.14. The van der Waals surface area contributed by atoms with Crippen LogP contribution in [0.2, 0.25) is 0 Å². The second-order valence-corrected chi connectivity index (χ2v) is 8.68. The van der Waals surface area contributed by atoms with Crippen LogP contribution in [0.15, 0.2) is 23.6 Å². The Morgan fingerprint density at radius 2 is 2.07 bits per heavy atom. The quantitative estimate of drug-likeness (QED) is 0.570. The molecule has 0 spiro atoms. The lowest BCUT2D eigenvalue weighted by Gasteiger charge is -2.20. The summed E-state index contributed by atoms with van der Waals surface area (Å²) >= 11 is 3.56. The van der Waals surface area contributed by atoms with Crippen molar-refractivity contribution in [2.45, 2.75) is 51.8 Å². The molecule has 0 bridgehead atoms. The molecule has 2 N–H and O–H groups in total. The summed E-state index contributed by atoms with van der Waals surface area (Å²) in [4.78, 5) is 35.2. The summed E-state index contributed by atoms with van der Waals surface area (Å²) in [5.74, 6) is -0.422. The summed E-state index contributed by atoms with van der Waals surface area (Å²) in [6.07, 6.45) is 3.39. The van der Waals surface area contributed by atoms with Gasteiger partial charge in [0.05, 0.1) is 11.4 Å². The molecule has 28 heavy (non-hydrogen) atoms. The maximum absolute atomic E-state index is 12.9. The minimum atomic E-state index is -0.662. The van der Waals surface area contributed by atoms with Crippen LogP contribution in [0.5, 0.6) is 0 Å². The molecule has 2 atom stereocenters. The number of nitrogens with two attached hydrogens (primary N) is 1. The van der Waals surface area contributed by atoms with Crippen molar-refractivity contribution in [3.63, 3.8) is 0 Å². The molecule has 0 radical (unpaired) electrons. The minimum absolute atomic E-state index is 0.0315. The first-order valence-corrected chi connectivity index (χ1v) is 9.80. The van der Waals surface area contributed by atoms with Gasteiger partial charge in [-0.15, -0.1) is 0 Å². The molecule has 150 valence electrons. The van der Waals surface area contributed by atoms with Gasteiger partial charge in [0.25, 0.3) is 0 Å². The topological polar surface area (TPSA) is 103 Å². The first kappa shape index (κ1) is 20.3. The normalized spacial score (nSPS) is 19.8. The monoisotopic (exact) mass is 449 g/mol. The number of fused-ring (bicyclic) bond motifs is 1. The van der Waals surface area contributed by atoms with Crippen LogP contribution in [0.3, 0.4) is 0 Å². The van der Waals surface area contributed by atoms with Crippen LogP contribution in [0.25, 0.3) is 11.0 Å². The van der Waals surface area contributed by atoms with E-state index in [0.29, 0.717) is 34.2 Å². The van der Waals surface area contributed by atoms with Crippen LogP contribution >= 0.6 is 15.9 Å². The smallest absolute Gasteiger partial charge is 0.342 e. The van der Waals surface area contributed by atoms with Crippen molar-refractivity contribution in [1.29, 1.82) is 0 Å². The van der Waals surface area contributed by atoms with E-state index in [1.807, 2.05) is 11.5 Å². The predicted molar refractivity (Wildman–Crippen MR) is 110 cm³/mol. The van der Waals surface area contributed by atoms with Crippen molar-refractivity contribution in [1.82, 2.24) is 19.4 Å². The van der Waals surface area contributed by atoms with E-state index in [2.05, 4.69) is 32.5 Å². The number of halogens is 1. The zero-order valence-corrected chi connectivity index (χ0v) is 18.0. The number of hydrogen-bond donors (Lipinski definition) is 1. The number of aromatic nitrogens is 3. The summed E-state index contributed by atoms with van der Waals surface area (Å²) < 4.78 is 7.99. The number of nitrogens with zero attached hydrogens (tertiary/aromatic N) is 4. The van der Waals surface area contributed by atoms with Crippen molar-refractivity contribution in [2.75, 3.05) is 12.3 Å². The number of carbonyl (C=O) groups excluding carboxylic acids is 2. The molecule has 1 saturated heterocycles. The van der Waals surface area contributed by atoms with Crippen LogP contribution in [-0.4, -0.2) is 49.5 Å². The zero-order chi connectivity index (χ0) is 20.8. The van der Waals surface area contributed by atoms with Gasteiger partial charge in [-0.1, -0.05) is 6.58 Å². The summed E-state index contributed by atoms with van der Waals surface area (Å²) in [5, 5.41) is 0.449. The Kier molecular flexibility index (Phi) is 5.22.